The van der Waals surface area contributed by atoms with Crippen LogP contribution in [0.4, 0.5) is 0 Å². The van der Waals surface area contributed by atoms with E-state index in [4.69, 9.17) is 14.6 Å². The summed E-state index contributed by atoms with van der Waals surface area (Å²) in [6.45, 7) is 4.03. The first-order chi connectivity index (χ1) is 7.10. The summed E-state index contributed by atoms with van der Waals surface area (Å²) in [6.07, 6.45) is 0. The van der Waals surface area contributed by atoms with Crippen LogP contribution in [0.1, 0.15) is 22.8 Å². The number of carboxylic acids is 1. The zero-order chi connectivity index (χ0) is 11.4. The van der Waals surface area contributed by atoms with E-state index < -0.39 is 5.97 Å². The van der Waals surface area contributed by atoms with Crippen LogP contribution in [0, 0.1) is 6.92 Å². The van der Waals surface area contributed by atoms with E-state index in [-0.39, 0.29) is 5.56 Å². The van der Waals surface area contributed by atoms with Crippen molar-refractivity contribution in [3.8, 4) is 11.5 Å². The number of benzene rings is 1. The van der Waals surface area contributed by atoms with E-state index in [1.807, 2.05) is 6.92 Å². The van der Waals surface area contributed by atoms with E-state index in [9.17, 15) is 4.79 Å². The molecule has 0 amide bonds. The molecule has 0 aliphatic carbocycles. The van der Waals surface area contributed by atoms with Crippen LogP contribution in [-0.2, 0) is 0 Å². The summed E-state index contributed by atoms with van der Waals surface area (Å²) in [7, 11) is 1.53. The Morgan fingerprint density at radius 1 is 1.40 bits per heavy atom. The number of aryl methyl sites for hydroxylation is 1. The van der Waals surface area contributed by atoms with Gasteiger partial charge in [-0.2, -0.15) is 0 Å². The van der Waals surface area contributed by atoms with Crippen LogP contribution in [0.2, 0.25) is 0 Å². The van der Waals surface area contributed by atoms with Crippen LogP contribution >= 0.6 is 0 Å². The van der Waals surface area contributed by atoms with Crippen LogP contribution < -0.4 is 9.47 Å². The Hall–Kier alpha value is -1.71. The molecule has 0 fully saturated rings. The molecule has 0 saturated carbocycles. The third kappa shape index (κ3) is 2.40. The van der Waals surface area contributed by atoms with Gasteiger partial charge in [0.15, 0.2) is 11.5 Å². The monoisotopic (exact) mass is 210 g/mol. The maximum atomic E-state index is 10.9. The minimum Gasteiger partial charge on any atom is -0.493 e. The van der Waals surface area contributed by atoms with Gasteiger partial charge < -0.3 is 14.6 Å². The van der Waals surface area contributed by atoms with Crippen LogP contribution in [0.5, 0.6) is 11.5 Å². The number of carboxylic acid groups (broad SMARTS) is 1. The van der Waals surface area contributed by atoms with E-state index in [1.54, 1.807) is 13.0 Å². The summed E-state index contributed by atoms with van der Waals surface area (Å²) >= 11 is 0. The summed E-state index contributed by atoms with van der Waals surface area (Å²) < 4.78 is 10.4. The number of ether oxygens (including phenoxy) is 2. The largest absolute Gasteiger partial charge is 0.493 e. The minimum atomic E-state index is -0.962. The molecule has 0 bridgehead atoms. The maximum Gasteiger partial charge on any atom is 0.336 e. The average molecular weight is 210 g/mol. The van der Waals surface area contributed by atoms with Crippen molar-refractivity contribution in [1.29, 1.82) is 0 Å². The standard InChI is InChI=1S/C11H14O4/c1-4-15-10-6-8(11(12)13)7(2)5-9(10)14-3/h5-6H,4H2,1-3H3,(H,12,13). The number of hydrogen-bond acceptors (Lipinski definition) is 3. The topological polar surface area (TPSA) is 55.8 Å². The minimum absolute atomic E-state index is 0.235. The molecule has 0 atom stereocenters. The van der Waals surface area contributed by atoms with E-state index in [0.717, 1.165) is 0 Å². The van der Waals surface area contributed by atoms with Gasteiger partial charge in [0.25, 0.3) is 0 Å². The molecule has 0 radical (unpaired) electrons. The van der Waals surface area contributed by atoms with Crippen LogP contribution in [0.3, 0.4) is 0 Å². The fraction of sp³-hybridized carbons (Fsp3) is 0.364. The van der Waals surface area contributed by atoms with Gasteiger partial charge in [-0.3, -0.25) is 0 Å². The van der Waals surface area contributed by atoms with E-state index >= 15 is 0 Å². The maximum absolute atomic E-state index is 10.9. The average Bonchev–Trinajstić information content (AvgIpc) is 2.20. The molecular formula is C11H14O4. The first-order valence-electron chi connectivity index (χ1n) is 4.64. The van der Waals surface area contributed by atoms with Crippen molar-refractivity contribution < 1.29 is 19.4 Å². The molecule has 4 heteroatoms. The first kappa shape index (κ1) is 11.4. The quantitative estimate of drug-likeness (QED) is 0.826. The van der Waals surface area contributed by atoms with Gasteiger partial charge in [0, 0.05) is 0 Å². The molecule has 15 heavy (non-hydrogen) atoms. The summed E-state index contributed by atoms with van der Waals surface area (Å²) in [6, 6.07) is 3.15. The molecular weight excluding hydrogens is 196 g/mol. The fourth-order valence-electron chi connectivity index (χ4n) is 1.32. The highest BCUT2D eigenvalue weighted by Gasteiger charge is 2.13. The number of hydrogen-bond donors (Lipinski definition) is 1. The Bertz CT molecular complexity index is 371. The highest BCUT2D eigenvalue weighted by molar-refractivity contribution is 5.90. The summed E-state index contributed by atoms with van der Waals surface area (Å²) in [4.78, 5) is 10.9. The number of methoxy groups -OCH3 is 1. The van der Waals surface area contributed by atoms with Crippen molar-refractivity contribution in [1.82, 2.24) is 0 Å². The van der Waals surface area contributed by atoms with E-state index in [0.29, 0.717) is 23.7 Å². The molecule has 0 spiro atoms. The van der Waals surface area contributed by atoms with Crippen LogP contribution in [0.15, 0.2) is 12.1 Å². The highest BCUT2D eigenvalue weighted by Crippen LogP contribution is 2.30. The summed E-state index contributed by atoms with van der Waals surface area (Å²) in [5.41, 5.74) is 0.891. The Morgan fingerprint density at radius 3 is 2.53 bits per heavy atom. The van der Waals surface area contributed by atoms with Gasteiger partial charge in [0.1, 0.15) is 0 Å². The number of carbonyl (C=O) groups is 1. The third-order valence-electron chi connectivity index (χ3n) is 2.04. The Morgan fingerprint density at radius 2 is 2.07 bits per heavy atom. The summed E-state index contributed by atoms with van der Waals surface area (Å²) in [5, 5.41) is 8.93. The van der Waals surface area contributed by atoms with Crippen molar-refractivity contribution in [2.75, 3.05) is 13.7 Å². The lowest BCUT2D eigenvalue weighted by Crippen LogP contribution is -2.03. The fourth-order valence-corrected chi connectivity index (χ4v) is 1.32. The second-order valence-electron chi connectivity index (χ2n) is 3.06. The molecule has 82 valence electrons. The smallest absolute Gasteiger partial charge is 0.336 e. The van der Waals surface area contributed by atoms with Crippen molar-refractivity contribution in [2.45, 2.75) is 13.8 Å². The lowest BCUT2D eigenvalue weighted by molar-refractivity contribution is 0.0695. The molecule has 4 nitrogen and oxygen atoms in total. The normalized spacial score (nSPS) is 9.80. The van der Waals surface area contributed by atoms with Crippen LogP contribution in [0.25, 0.3) is 0 Å². The van der Waals surface area contributed by atoms with E-state index in [2.05, 4.69) is 0 Å². The van der Waals surface area contributed by atoms with Gasteiger partial charge in [-0.05, 0) is 31.5 Å². The van der Waals surface area contributed by atoms with E-state index in [1.165, 1.54) is 13.2 Å². The molecule has 1 aromatic rings. The number of aromatic carboxylic acids is 1. The van der Waals surface area contributed by atoms with Crippen molar-refractivity contribution in [3.05, 3.63) is 23.3 Å². The molecule has 0 heterocycles. The van der Waals surface area contributed by atoms with Gasteiger partial charge >= 0.3 is 5.97 Å². The molecule has 0 aromatic heterocycles. The zero-order valence-electron chi connectivity index (χ0n) is 9.03. The zero-order valence-corrected chi connectivity index (χ0v) is 9.03. The Kier molecular flexibility index (Phi) is 3.55. The lowest BCUT2D eigenvalue weighted by Gasteiger charge is -2.11. The highest BCUT2D eigenvalue weighted by atomic mass is 16.5. The predicted molar refractivity (Wildman–Crippen MR) is 55.9 cm³/mol. The molecule has 0 aliphatic rings. The molecule has 1 rings (SSSR count). The molecule has 0 aliphatic heterocycles. The van der Waals surface area contributed by atoms with Crippen LogP contribution in [-0.4, -0.2) is 24.8 Å². The van der Waals surface area contributed by atoms with Gasteiger partial charge in [0.2, 0.25) is 0 Å². The van der Waals surface area contributed by atoms with Gasteiger partial charge in [0.05, 0.1) is 19.3 Å². The van der Waals surface area contributed by atoms with Crippen molar-refractivity contribution in [2.24, 2.45) is 0 Å². The first-order valence-corrected chi connectivity index (χ1v) is 4.64. The number of rotatable bonds is 4. The molecule has 1 aromatic carbocycles. The predicted octanol–water partition coefficient (Wildman–Crippen LogP) is 2.10. The second-order valence-corrected chi connectivity index (χ2v) is 3.06. The van der Waals surface area contributed by atoms with Crippen molar-refractivity contribution in [3.63, 3.8) is 0 Å². The van der Waals surface area contributed by atoms with Gasteiger partial charge in [-0.15, -0.1) is 0 Å². The third-order valence-corrected chi connectivity index (χ3v) is 2.04. The second kappa shape index (κ2) is 4.68. The molecule has 1 N–H and O–H groups in total. The van der Waals surface area contributed by atoms with Gasteiger partial charge in [-0.1, -0.05) is 0 Å². The molecule has 0 saturated heterocycles. The Balaban J connectivity index is 3.23. The molecule has 0 unspecified atom stereocenters. The summed E-state index contributed by atoms with van der Waals surface area (Å²) in [5.74, 6) is 0.0541. The Labute approximate surface area is 88.4 Å². The SMILES string of the molecule is CCOc1cc(C(=O)O)c(C)cc1OC. The van der Waals surface area contributed by atoms with Crippen molar-refractivity contribution >= 4 is 5.97 Å². The lowest BCUT2D eigenvalue weighted by atomic mass is 10.1. The van der Waals surface area contributed by atoms with Gasteiger partial charge in [-0.25, -0.2) is 4.79 Å².